The predicted molar refractivity (Wildman–Crippen MR) is 106 cm³/mol. The highest BCUT2D eigenvalue weighted by atomic mass is 16.5. The molecular formula is C21H27N3O6. The number of carbonyl (C=O) groups excluding carboxylic acids is 4. The standard InChI is InChI=1S/C21H27N3O6/c1-14-7-5-6-10-21(14)19(27)24(20(28)23-21)12-18(26)30-13-17(25)22-11-15-8-3-4-9-16(15)29-2/h3-4,8-9,14H,5-7,10-13H2,1-2H3,(H,22,25)(H,23,28)/t14-,21-/m0/s1. The van der Waals surface area contributed by atoms with Gasteiger partial charge < -0.3 is 20.1 Å². The molecule has 4 amide bonds. The van der Waals surface area contributed by atoms with E-state index in [0.29, 0.717) is 12.2 Å². The first kappa shape index (κ1) is 21.6. The molecule has 9 nitrogen and oxygen atoms in total. The molecule has 0 unspecified atom stereocenters. The molecule has 2 fully saturated rings. The fourth-order valence-corrected chi connectivity index (χ4v) is 4.05. The van der Waals surface area contributed by atoms with Gasteiger partial charge in [-0.3, -0.25) is 19.3 Å². The van der Waals surface area contributed by atoms with E-state index in [1.54, 1.807) is 6.07 Å². The second-order valence-corrected chi connectivity index (χ2v) is 7.69. The summed E-state index contributed by atoms with van der Waals surface area (Å²) in [5.74, 6) is -1.06. The Labute approximate surface area is 175 Å². The van der Waals surface area contributed by atoms with Gasteiger partial charge in [0.15, 0.2) is 6.61 Å². The van der Waals surface area contributed by atoms with Crippen LogP contribution in [0, 0.1) is 5.92 Å². The number of hydrogen-bond donors (Lipinski definition) is 2. The summed E-state index contributed by atoms with van der Waals surface area (Å²) in [6.45, 7) is 1.14. The van der Waals surface area contributed by atoms with Crippen molar-refractivity contribution in [2.45, 2.75) is 44.7 Å². The van der Waals surface area contributed by atoms with E-state index in [2.05, 4.69) is 10.6 Å². The van der Waals surface area contributed by atoms with Gasteiger partial charge in [-0.25, -0.2) is 4.79 Å². The number of benzene rings is 1. The van der Waals surface area contributed by atoms with E-state index in [1.807, 2.05) is 25.1 Å². The Balaban J connectivity index is 1.48. The van der Waals surface area contributed by atoms with Crippen molar-refractivity contribution in [2.75, 3.05) is 20.3 Å². The Bertz CT molecular complexity index is 842. The van der Waals surface area contributed by atoms with Crippen LogP contribution in [0.5, 0.6) is 5.75 Å². The molecule has 2 aliphatic rings. The van der Waals surface area contributed by atoms with E-state index in [9.17, 15) is 19.2 Å². The fourth-order valence-electron chi connectivity index (χ4n) is 4.05. The van der Waals surface area contributed by atoms with Crippen molar-refractivity contribution in [1.29, 1.82) is 0 Å². The van der Waals surface area contributed by atoms with Crippen molar-refractivity contribution in [3.63, 3.8) is 0 Å². The number of para-hydroxylation sites is 1. The zero-order valence-electron chi connectivity index (χ0n) is 17.2. The molecule has 0 bridgehead atoms. The fraction of sp³-hybridized carbons (Fsp3) is 0.524. The number of methoxy groups -OCH3 is 1. The molecule has 30 heavy (non-hydrogen) atoms. The number of ether oxygens (including phenoxy) is 2. The summed E-state index contributed by atoms with van der Waals surface area (Å²) in [5, 5.41) is 5.41. The van der Waals surface area contributed by atoms with Gasteiger partial charge in [-0.1, -0.05) is 38.0 Å². The van der Waals surface area contributed by atoms with Gasteiger partial charge in [0, 0.05) is 12.1 Å². The van der Waals surface area contributed by atoms with Crippen LogP contribution < -0.4 is 15.4 Å². The van der Waals surface area contributed by atoms with Crippen molar-refractivity contribution in [3.05, 3.63) is 29.8 Å². The van der Waals surface area contributed by atoms with Crippen molar-refractivity contribution >= 4 is 23.8 Å². The van der Waals surface area contributed by atoms with Crippen molar-refractivity contribution in [1.82, 2.24) is 15.5 Å². The lowest BCUT2D eigenvalue weighted by Crippen LogP contribution is -2.54. The topological polar surface area (TPSA) is 114 Å². The van der Waals surface area contributed by atoms with Crippen LogP contribution in [0.1, 0.15) is 38.2 Å². The first-order valence-corrected chi connectivity index (χ1v) is 10.1. The van der Waals surface area contributed by atoms with E-state index in [4.69, 9.17) is 9.47 Å². The number of esters is 1. The molecule has 1 heterocycles. The van der Waals surface area contributed by atoms with E-state index < -0.39 is 42.5 Å². The quantitative estimate of drug-likeness (QED) is 0.511. The number of imide groups is 1. The number of carbonyl (C=O) groups is 4. The lowest BCUT2D eigenvalue weighted by molar-refractivity contribution is -0.151. The predicted octanol–water partition coefficient (Wildman–Crippen LogP) is 1.36. The lowest BCUT2D eigenvalue weighted by atomic mass is 9.73. The number of amides is 4. The molecule has 1 spiro atoms. The first-order chi connectivity index (χ1) is 14.4. The zero-order valence-corrected chi connectivity index (χ0v) is 17.2. The zero-order chi connectivity index (χ0) is 21.7. The average Bonchev–Trinajstić information content (AvgIpc) is 2.98. The van der Waals surface area contributed by atoms with Gasteiger partial charge in [0.25, 0.3) is 11.8 Å². The Morgan fingerprint density at radius 2 is 2.03 bits per heavy atom. The average molecular weight is 417 g/mol. The molecule has 1 aliphatic heterocycles. The molecule has 1 saturated heterocycles. The van der Waals surface area contributed by atoms with Gasteiger partial charge in [0.05, 0.1) is 7.11 Å². The largest absolute Gasteiger partial charge is 0.496 e. The first-order valence-electron chi connectivity index (χ1n) is 10.1. The lowest BCUT2D eigenvalue weighted by Gasteiger charge is -2.36. The maximum absolute atomic E-state index is 12.8. The van der Waals surface area contributed by atoms with Crippen LogP contribution in [0.4, 0.5) is 4.79 Å². The van der Waals surface area contributed by atoms with Crippen LogP contribution in [0.2, 0.25) is 0 Å². The van der Waals surface area contributed by atoms with Gasteiger partial charge in [-0.15, -0.1) is 0 Å². The summed E-state index contributed by atoms with van der Waals surface area (Å²) in [6.07, 6.45) is 3.27. The summed E-state index contributed by atoms with van der Waals surface area (Å²) in [4.78, 5) is 50.1. The Morgan fingerprint density at radius 3 is 2.77 bits per heavy atom. The number of urea groups is 1. The van der Waals surface area contributed by atoms with Gasteiger partial charge in [0.2, 0.25) is 0 Å². The minimum atomic E-state index is -0.929. The van der Waals surface area contributed by atoms with Crippen LogP contribution in [0.25, 0.3) is 0 Å². The maximum atomic E-state index is 12.8. The number of hydrogen-bond acceptors (Lipinski definition) is 6. The van der Waals surface area contributed by atoms with E-state index in [0.717, 1.165) is 29.7 Å². The van der Waals surface area contributed by atoms with Gasteiger partial charge in [0.1, 0.15) is 17.8 Å². The summed E-state index contributed by atoms with van der Waals surface area (Å²) in [6, 6.07) is 6.64. The minimum Gasteiger partial charge on any atom is -0.496 e. The highest BCUT2D eigenvalue weighted by molar-refractivity contribution is 6.09. The summed E-state index contributed by atoms with van der Waals surface area (Å²) in [5.41, 5.74) is -0.146. The van der Waals surface area contributed by atoms with Crippen LogP contribution in [0.15, 0.2) is 24.3 Å². The van der Waals surface area contributed by atoms with Crippen LogP contribution in [-0.2, 0) is 25.7 Å². The minimum absolute atomic E-state index is 0.00414. The summed E-state index contributed by atoms with van der Waals surface area (Å²) >= 11 is 0. The molecule has 9 heteroatoms. The summed E-state index contributed by atoms with van der Waals surface area (Å²) < 4.78 is 10.2. The molecule has 0 aromatic heterocycles. The SMILES string of the molecule is COc1ccccc1CNC(=O)COC(=O)CN1C(=O)N[C@]2(CCCC[C@@H]2C)C1=O. The van der Waals surface area contributed by atoms with E-state index in [1.165, 1.54) is 7.11 Å². The van der Waals surface area contributed by atoms with Crippen molar-refractivity contribution in [2.24, 2.45) is 5.92 Å². The Kier molecular flexibility index (Phi) is 6.59. The molecular weight excluding hydrogens is 390 g/mol. The molecule has 1 saturated carbocycles. The van der Waals surface area contributed by atoms with E-state index in [-0.39, 0.29) is 12.5 Å². The molecule has 2 N–H and O–H groups in total. The van der Waals surface area contributed by atoms with Gasteiger partial charge in [-0.05, 0) is 24.8 Å². The molecule has 1 aromatic rings. The van der Waals surface area contributed by atoms with E-state index >= 15 is 0 Å². The highest BCUT2D eigenvalue weighted by Gasteiger charge is 2.55. The molecule has 1 aliphatic carbocycles. The maximum Gasteiger partial charge on any atom is 0.326 e. The number of rotatable bonds is 7. The monoisotopic (exact) mass is 417 g/mol. The Hall–Kier alpha value is -3.10. The van der Waals surface area contributed by atoms with Gasteiger partial charge in [-0.2, -0.15) is 0 Å². The van der Waals surface area contributed by atoms with Crippen molar-refractivity contribution < 1.29 is 28.7 Å². The van der Waals surface area contributed by atoms with Crippen LogP contribution in [0.3, 0.4) is 0 Å². The third-order valence-electron chi connectivity index (χ3n) is 5.82. The number of nitrogens with one attached hydrogen (secondary N) is 2. The molecule has 1 aromatic carbocycles. The van der Waals surface area contributed by atoms with Crippen LogP contribution in [-0.4, -0.2) is 54.5 Å². The third kappa shape index (κ3) is 4.39. The second-order valence-electron chi connectivity index (χ2n) is 7.69. The number of nitrogens with zero attached hydrogens (tertiary/aromatic N) is 1. The second kappa shape index (κ2) is 9.15. The Morgan fingerprint density at radius 1 is 1.27 bits per heavy atom. The molecule has 162 valence electrons. The molecule has 2 atom stereocenters. The van der Waals surface area contributed by atoms with Crippen molar-refractivity contribution in [3.8, 4) is 5.75 Å². The highest BCUT2D eigenvalue weighted by Crippen LogP contribution is 2.38. The summed E-state index contributed by atoms with van der Waals surface area (Å²) in [7, 11) is 1.54. The van der Waals surface area contributed by atoms with Gasteiger partial charge >= 0.3 is 12.0 Å². The third-order valence-corrected chi connectivity index (χ3v) is 5.82. The molecule has 0 radical (unpaired) electrons. The molecule has 3 rings (SSSR count). The van der Waals surface area contributed by atoms with Crippen LogP contribution >= 0.6 is 0 Å². The normalized spacial score (nSPS) is 23.3. The smallest absolute Gasteiger partial charge is 0.326 e.